The molecule has 1 amide bonds. The lowest BCUT2D eigenvalue weighted by Crippen LogP contribution is -2.49. The Morgan fingerprint density at radius 2 is 2.04 bits per heavy atom. The van der Waals surface area contributed by atoms with Gasteiger partial charge in [0.2, 0.25) is 5.91 Å². The first-order chi connectivity index (χ1) is 11.5. The Morgan fingerprint density at radius 3 is 2.75 bits per heavy atom. The first-order valence-electron chi connectivity index (χ1n) is 8.84. The number of carbonyl (C=O) groups is 1. The van der Waals surface area contributed by atoms with Gasteiger partial charge < -0.3 is 15.7 Å². The third kappa shape index (κ3) is 6.55. The fraction of sp³-hybridized carbons (Fsp3) is 0.667. The molecule has 0 bridgehead atoms. The van der Waals surface area contributed by atoms with Gasteiger partial charge in [-0.2, -0.15) is 0 Å². The molecule has 0 radical (unpaired) electrons. The van der Waals surface area contributed by atoms with Gasteiger partial charge in [0.1, 0.15) is 0 Å². The Kier molecular flexibility index (Phi) is 7.62. The highest BCUT2D eigenvalue weighted by Gasteiger charge is 2.21. The minimum atomic E-state index is -0.487. The van der Waals surface area contributed by atoms with Crippen molar-refractivity contribution in [1.29, 1.82) is 0 Å². The molecule has 0 spiro atoms. The second-order valence-electron chi connectivity index (χ2n) is 6.76. The summed E-state index contributed by atoms with van der Waals surface area (Å²) in [5.41, 5.74) is 6.56. The minimum Gasteiger partial charge on any atom is -0.392 e. The monoisotopic (exact) mass is 334 g/mol. The molecule has 2 rings (SSSR count). The molecule has 2 heterocycles. The van der Waals surface area contributed by atoms with Crippen LogP contribution in [0.4, 0.5) is 0 Å². The molecule has 0 aromatic carbocycles. The van der Waals surface area contributed by atoms with Crippen LogP contribution in [-0.2, 0) is 4.79 Å². The number of piperazine rings is 1. The average molecular weight is 334 g/mol. The molecule has 1 unspecified atom stereocenters. The van der Waals surface area contributed by atoms with E-state index in [0.717, 1.165) is 45.6 Å². The predicted molar refractivity (Wildman–Crippen MR) is 96.8 cm³/mol. The first kappa shape index (κ1) is 18.8. The van der Waals surface area contributed by atoms with Gasteiger partial charge >= 0.3 is 0 Å². The molecular formula is C18H30N4O2. The summed E-state index contributed by atoms with van der Waals surface area (Å²) in [6.07, 6.45) is 10.1. The molecule has 0 saturated carbocycles. The zero-order chi connectivity index (χ0) is 17.4. The molecule has 0 aromatic rings. The van der Waals surface area contributed by atoms with E-state index in [2.05, 4.69) is 26.9 Å². The molecule has 1 fully saturated rings. The minimum absolute atomic E-state index is 0.273. The fourth-order valence-corrected chi connectivity index (χ4v) is 3.08. The second-order valence-corrected chi connectivity index (χ2v) is 6.76. The van der Waals surface area contributed by atoms with Crippen molar-refractivity contribution in [3.8, 4) is 0 Å². The topological polar surface area (TPSA) is 82.2 Å². The van der Waals surface area contributed by atoms with Crippen LogP contribution >= 0.6 is 0 Å². The molecule has 2 aliphatic rings. The summed E-state index contributed by atoms with van der Waals surface area (Å²) in [5, 5.41) is 10.1. The number of rotatable bonds is 8. The van der Waals surface area contributed by atoms with Crippen molar-refractivity contribution in [1.82, 2.24) is 9.80 Å². The average Bonchev–Trinajstić information content (AvgIpc) is 2.82. The second kappa shape index (κ2) is 9.71. The van der Waals surface area contributed by atoms with E-state index >= 15 is 0 Å². The zero-order valence-corrected chi connectivity index (χ0v) is 14.6. The highest BCUT2D eigenvalue weighted by molar-refractivity contribution is 5.79. The molecule has 0 aliphatic carbocycles. The van der Waals surface area contributed by atoms with Crippen LogP contribution in [0.2, 0.25) is 0 Å². The van der Waals surface area contributed by atoms with Crippen LogP contribution in [-0.4, -0.2) is 72.4 Å². The largest absolute Gasteiger partial charge is 0.392 e. The third-order valence-corrected chi connectivity index (χ3v) is 4.71. The van der Waals surface area contributed by atoms with Crippen molar-refractivity contribution in [2.75, 3.05) is 39.3 Å². The van der Waals surface area contributed by atoms with Crippen molar-refractivity contribution in [3.05, 3.63) is 23.9 Å². The highest BCUT2D eigenvalue weighted by atomic mass is 16.3. The number of aliphatic hydroxyl groups excluding tert-OH is 1. The van der Waals surface area contributed by atoms with Crippen molar-refractivity contribution in [3.63, 3.8) is 0 Å². The summed E-state index contributed by atoms with van der Waals surface area (Å²) in [7, 11) is 0. The Bertz CT molecular complexity index is 493. The quantitative estimate of drug-likeness (QED) is 0.687. The smallest absolute Gasteiger partial charge is 0.220 e. The van der Waals surface area contributed by atoms with E-state index < -0.39 is 6.10 Å². The Labute approximate surface area is 144 Å². The summed E-state index contributed by atoms with van der Waals surface area (Å²) in [5.74, 6) is -0.615. The normalized spacial score (nSPS) is 22.0. The molecule has 134 valence electrons. The molecule has 6 nitrogen and oxygen atoms in total. The highest BCUT2D eigenvalue weighted by Crippen LogP contribution is 2.11. The molecule has 24 heavy (non-hydrogen) atoms. The maximum atomic E-state index is 11.1. The number of aliphatic imine (C=N–C) groups is 1. The van der Waals surface area contributed by atoms with Gasteiger partial charge in [-0.05, 0) is 24.8 Å². The van der Waals surface area contributed by atoms with E-state index in [-0.39, 0.29) is 11.8 Å². The van der Waals surface area contributed by atoms with Gasteiger partial charge in [0.25, 0.3) is 0 Å². The van der Waals surface area contributed by atoms with Crippen LogP contribution in [0.25, 0.3) is 0 Å². The van der Waals surface area contributed by atoms with Crippen LogP contribution in [0.3, 0.4) is 0 Å². The summed E-state index contributed by atoms with van der Waals surface area (Å²) in [6.45, 7) is 7.38. The van der Waals surface area contributed by atoms with Gasteiger partial charge in [-0.15, -0.1) is 0 Å². The van der Waals surface area contributed by atoms with E-state index in [1.54, 1.807) is 6.92 Å². The lowest BCUT2D eigenvalue weighted by molar-refractivity contribution is -0.122. The first-order valence-corrected chi connectivity index (χ1v) is 8.84. The van der Waals surface area contributed by atoms with E-state index in [9.17, 15) is 9.90 Å². The summed E-state index contributed by atoms with van der Waals surface area (Å²) < 4.78 is 0. The number of nitrogens with zero attached hydrogens (tertiary/aromatic N) is 3. The Morgan fingerprint density at radius 1 is 1.33 bits per heavy atom. The van der Waals surface area contributed by atoms with Crippen LogP contribution < -0.4 is 5.73 Å². The van der Waals surface area contributed by atoms with Crippen LogP contribution in [0.5, 0.6) is 0 Å². The number of aliphatic hydroxyl groups is 1. The Balaban J connectivity index is 1.64. The van der Waals surface area contributed by atoms with Gasteiger partial charge in [-0.25, -0.2) is 0 Å². The number of hydrogen-bond acceptors (Lipinski definition) is 5. The lowest BCUT2D eigenvalue weighted by Gasteiger charge is -2.35. The summed E-state index contributed by atoms with van der Waals surface area (Å²) in [6, 6.07) is 0. The van der Waals surface area contributed by atoms with Gasteiger partial charge in [0.05, 0.1) is 6.10 Å². The summed E-state index contributed by atoms with van der Waals surface area (Å²) in [4.78, 5) is 20.0. The standard InChI is InChI=1S/C18H30N4O2/c1-15(18(19)24)12-17(23)14-22-10-8-21(9-11-22)7-5-16-4-2-3-6-20-13-16/h3-4,6,13,15,17,23H,2,5,7-12,14H2,1H3,(H2,19,24)/t15-,17?/m1/s1. The van der Waals surface area contributed by atoms with E-state index in [1.165, 1.54) is 5.57 Å². The van der Waals surface area contributed by atoms with Gasteiger partial charge in [-0.1, -0.05) is 19.1 Å². The van der Waals surface area contributed by atoms with Crippen molar-refractivity contribution < 1.29 is 9.90 Å². The SMILES string of the molecule is C[C@H](CC(O)CN1CCN(CCC2=CCC=CN=C2)CC1)C(N)=O. The molecule has 3 N–H and O–H groups in total. The molecular weight excluding hydrogens is 304 g/mol. The lowest BCUT2D eigenvalue weighted by atomic mass is 10.0. The van der Waals surface area contributed by atoms with Crippen LogP contribution in [0.1, 0.15) is 26.2 Å². The van der Waals surface area contributed by atoms with Crippen LogP contribution in [0.15, 0.2) is 28.9 Å². The van der Waals surface area contributed by atoms with Crippen molar-refractivity contribution in [2.24, 2.45) is 16.6 Å². The van der Waals surface area contributed by atoms with Gasteiger partial charge in [0, 0.05) is 57.6 Å². The third-order valence-electron chi connectivity index (χ3n) is 4.71. The fourth-order valence-electron chi connectivity index (χ4n) is 3.08. The number of primary amides is 1. The van der Waals surface area contributed by atoms with Crippen molar-refractivity contribution in [2.45, 2.75) is 32.3 Å². The number of hydrogen-bond donors (Lipinski definition) is 2. The number of nitrogens with two attached hydrogens (primary N) is 1. The van der Waals surface area contributed by atoms with E-state index in [1.807, 2.05) is 12.4 Å². The molecule has 1 saturated heterocycles. The van der Waals surface area contributed by atoms with Gasteiger partial charge in [-0.3, -0.25) is 14.7 Å². The predicted octanol–water partition coefficient (Wildman–Crippen LogP) is 0.781. The van der Waals surface area contributed by atoms with Gasteiger partial charge in [0.15, 0.2) is 0 Å². The van der Waals surface area contributed by atoms with E-state index in [0.29, 0.717) is 13.0 Å². The van der Waals surface area contributed by atoms with Crippen molar-refractivity contribution >= 4 is 12.1 Å². The molecule has 2 aliphatic heterocycles. The number of β-amino-alcohol motifs (C(OH)–C–C–N with tert-alkyl or cyclic N) is 1. The Hall–Kier alpha value is -1.50. The molecule has 0 aromatic heterocycles. The number of amides is 1. The van der Waals surface area contributed by atoms with E-state index in [4.69, 9.17) is 5.73 Å². The maximum Gasteiger partial charge on any atom is 0.220 e. The number of carbonyl (C=O) groups excluding carboxylic acids is 1. The van der Waals surface area contributed by atoms with Crippen LogP contribution in [0, 0.1) is 5.92 Å². The zero-order valence-electron chi connectivity index (χ0n) is 14.6. The summed E-state index contributed by atoms with van der Waals surface area (Å²) >= 11 is 0. The molecule has 6 heteroatoms. The number of allylic oxidation sites excluding steroid dienone is 2. The maximum absolute atomic E-state index is 11.1. The molecule has 2 atom stereocenters.